The molecular weight excluding hydrogens is 305 g/mol. The number of hydrogen-bond acceptors (Lipinski definition) is 2. The highest BCUT2D eigenvalue weighted by Gasteiger charge is 2.14. The second-order valence-corrected chi connectivity index (χ2v) is 5.95. The summed E-state index contributed by atoms with van der Waals surface area (Å²) in [7, 11) is 0. The average molecular weight is 324 g/mol. The summed E-state index contributed by atoms with van der Waals surface area (Å²) in [6.07, 6.45) is 1.62. The number of halogens is 2. The summed E-state index contributed by atoms with van der Waals surface area (Å²) in [5.74, 6) is 1.24. The molecule has 0 spiro atoms. The molecule has 0 aliphatic rings. The highest BCUT2D eigenvalue weighted by molar-refractivity contribution is 6.33. The highest BCUT2D eigenvalue weighted by atomic mass is 35.5. The molecule has 0 radical (unpaired) electrons. The van der Waals surface area contributed by atoms with Crippen LogP contribution in [0.25, 0.3) is 0 Å². The summed E-state index contributed by atoms with van der Waals surface area (Å²) in [5, 5.41) is 1.12. The number of para-hydroxylation sites is 1. The maximum atomic E-state index is 6.29. The third-order valence-electron chi connectivity index (χ3n) is 3.35. The Morgan fingerprint density at radius 2 is 1.90 bits per heavy atom. The average Bonchev–Trinajstić information content (AvgIpc) is 2.46. The number of aryl methyl sites for hydroxylation is 1. The number of benzene rings is 2. The highest BCUT2D eigenvalue weighted by Crippen LogP contribution is 2.37. The molecule has 2 aromatic rings. The molecule has 1 atom stereocenters. The third kappa shape index (κ3) is 4.13. The van der Waals surface area contributed by atoms with Crippen molar-refractivity contribution in [1.29, 1.82) is 0 Å². The molecule has 2 N–H and O–H groups in total. The summed E-state index contributed by atoms with van der Waals surface area (Å²) in [6.45, 7) is 4.05. The Balaban J connectivity index is 2.36. The Hall–Kier alpha value is -1.22. The van der Waals surface area contributed by atoms with Crippen LogP contribution in [0.2, 0.25) is 10.0 Å². The zero-order valence-corrected chi connectivity index (χ0v) is 13.7. The maximum absolute atomic E-state index is 6.29. The predicted molar refractivity (Wildman–Crippen MR) is 89.7 cm³/mol. The van der Waals surface area contributed by atoms with Gasteiger partial charge in [-0.1, -0.05) is 48.3 Å². The molecule has 2 nitrogen and oxygen atoms in total. The largest absolute Gasteiger partial charge is 0.454 e. The minimum absolute atomic E-state index is 0.0822. The van der Waals surface area contributed by atoms with Crippen LogP contribution in [0.1, 0.15) is 24.5 Å². The maximum Gasteiger partial charge on any atom is 0.149 e. The van der Waals surface area contributed by atoms with E-state index >= 15 is 0 Å². The molecule has 1 unspecified atom stereocenters. The van der Waals surface area contributed by atoms with E-state index in [1.54, 1.807) is 0 Å². The summed E-state index contributed by atoms with van der Waals surface area (Å²) in [6, 6.07) is 11.4. The molecule has 0 saturated carbocycles. The Morgan fingerprint density at radius 1 is 1.14 bits per heavy atom. The van der Waals surface area contributed by atoms with Crippen molar-refractivity contribution in [3.05, 3.63) is 57.6 Å². The molecule has 112 valence electrons. The van der Waals surface area contributed by atoms with E-state index in [4.69, 9.17) is 33.7 Å². The van der Waals surface area contributed by atoms with Crippen molar-refractivity contribution >= 4 is 23.2 Å². The van der Waals surface area contributed by atoms with Gasteiger partial charge in [0.1, 0.15) is 11.5 Å². The Kier molecular flexibility index (Phi) is 5.51. The molecular formula is C17H19Cl2NO. The van der Waals surface area contributed by atoms with Crippen molar-refractivity contribution in [2.45, 2.75) is 32.7 Å². The van der Waals surface area contributed by atoms with Gasteiger partial charge in [-0.25, -0.2) is 0 Å². The molecule has 0 aromatic heterocycles. The first-order valence-corrected chi connectivity index (χ1v) is 7.73. The van der Waals surface area contributed by atoms with Gasteiger partial charge in [0.25, 0.3) is 0 Å². The molecule has 2 rings (SSSR count). The van der Waals surface area contributed by atoms with Crippen LogP contribution in [0.5, 0.6) is 11.5 Å². The van der Waals surface area contributed by atoms with E-state index < -0.39 is 0 Å². The zero-order chi connectivity index (χ0) is 15.4. The molecule has 0 bridgehead atoms. The lowest BCUT2D eigenvalue weighted by atomic mass is 10.0. The summed E-state index contributed by atoms with van der Waals surface area (Å²) < 4.78 is 5.98. The van der Waals surface area contributed by atoms with Crippen LogP contribution in [0.4, 0.5) is 0 Å². The minimum Gasteiger partial charge on any atom is -0.454 e. The molecule has 0 aliphatic heterocycles. The fourth-order valence-electron chi connectivity index (χ4n) is 2.05. The smallest absolute Gasteiger partial charge is 0.149 e. The van der Waals surface area contributed by atoms with Gasteiger partial charge in [0.05, 0.1) is 10.0 Å². The van der Waals surface area contributed by atoms with Gasteiger partial charge in [-0.2, -0.15) is 0 Å². The molecule has 0 aliphatic carbocycles. The Bertz CT molecular complexity index is 628. The standard InChI is InChI=1S/C17H19Cl2NO/c1-3-13(20)10-12-5-4-6-15(19)17(12)21-16-9-11(2)7-8-14(16)18/h4-9,13H,3,10,20H2,1-2H3. The van der Waals surface area contributed by atoms with Crippen molar-refractivity contribution in [2.75, 3.05) is 0 Å². The van der Waals surface area contributed by atoms with Crippen LogP contribution in [-0.4, -0.2) is 6.04 Å². The number of hydrogen-bond donors (Lipinski definition) is 1. The Morgan fingerprint density at radius 3 is 2.62 bits per heavy atom. The third-order valence-corrected chi connectivity index (χ3v) is 3.96. The second-order valence-electron chi connectivity index (χ2n) is 5.14. The summed E-state index contributed by atoms with van der Waals surface area (Å²) in [4.78, 5) is 0. The first-order valence-electron chi connectivity index (χ1n) is 6.98. The molecule has 0 heterocycles. The lowest BCUT2D eigenvalue weighted by Crippen LogP contribution is -2.21. The van der Waals surface area contributed by atoms with Crippen molar-refractivity contribution in [1.82, 2.24) is 0 Å². The van der Waals surface area contributed by atoms with Crippen molar-refractivity contribution in [2.24, 2.45) is 5.73 Å². The second kappa shape index (κ2) is 7.17. The molecule has 0 saturated heterocycles. The SMILES string of the molecule is CCC(N)Cc1cccc(Cl)c1Oc1cc(C)ccc1Cl. The van der Waals surface area contributed by atoms with Crippen LogP contribution in [0, 0.1) is 6.92 Å². The van der Waals surface area contributed by atoms with E-state index in [0.717, 1.165) is 24.0 Å². The number of rotatable bonds is 5. The van der Waals surface area contributed by atoms with E-state index in [1.807, 2.05) is 43.3 Å². The van der Waals surface area contributed by atoms with Crippen LogP contribution >= 0.6 is 23.2 Å². The van der Waals surface area contributed by atoms with E-state index in [2.05, 4.69) is 6.92 Å². The fraction of sp³-hybridized carbons (Fsp3) is 0.294. The predicted octanol–water partition coefficient (Wildman–Crippen LogP) is 5.37. The van der Waals surface area contributed by atoms with Gasteiger partial charge in [-0.05, 0) is 49.1 Å². The van der Waals surface area contributed by atoms with Crippen molar-refractivity contribution in [3.8, 4) is 11.5 Å². The molecule has 0 amide bonds. The zero-order valence-electron chi connectivity index (χ0n) is 12.2. The van der Waals surface area contributed by atoms with Gasteiger partial charge in [0.2, 0.25) is 0 Å². The number of nitrogens with two attached hydrogens (primary N) is 1. The summed E-state index contributed by atoms with van der Waals surface area (Å²) in [5.41, 5.74) is 8.12. The van der Waals surface area contributed by atoms with E-state index in [1.165, 1.54) is 0 Å². The monoisotopic (exact) mass is 323 g/mol. The van der Waals surface area contributed by atoms with E-state index in [-0.39, 0.29) is 6.04 Å². The minimum atomic E-state index is 0.0822. The lowest BCUT2D eigenvalue weighted by Gasteiger charge is -2.16. The topological polar surface area (TPSA) is 35.2 Å². The van der Waals surface area contributed by atoms with Crippen molar-refractivity contribution in [3.63, 3.8) is 0 Å². The van der Waals surface area contributed by atoms with Crippen LogP contribution in [-0.2, 0) is 6.42 Å². The lowest BCUT2D eigenvalue weighted by molar-refractivity contribution is 0.472. The first-order chi connectivity index (χ1) is 10.0. The Labute approximate surface area is 135 Å². The van der Waals surface area contributed by atoms with Gasteiger partial charge >= 0.3 is 0 Å². The fourth-order valence-corrected chi connectivity index (χ4v) is 2.44. The van der Waals surface area contributed by atoms with Gasteiger partial charge < -0.3 is 10.5 Å². The summed E-state index contributed by atoms with van der Waals surface area (Å²) >= 11 is 12.5. The van der Waals surface area contributed by atoms with E-state index in [9.17, 15) is 0 Å². The van der Waals surface area contributed by atoms with Gasteiger partial charge in [-0.15, -0.1) is 0 Å². The molecule has 4 heteroatoms. The number of ether oxygens (including phenoxy) is 1. The van der Waals surface area contributed by atoms with Crippen molar-refractivity contribution < 1.29 is 4.74 Å². The normalized spacial score (nSPS) is 12.2. The molecule has 21 heavy (non-hydrogen) atoms. The molecule has 2 aromatic carbocycles. The first kappa shape index (κ1) is 16.2. The van der Waals surface area contributed by atoms with Crippen LogP contribution in [0.3, 0.4) is 0 Å². The van der Waals surface area contributed by atoms with Crippen LogP contribution in [0.15, 0.2) is 36.4 Å². The van der Waals surface area contributed by atoms with Gasteiger partial charge in [0.15, 0.2) is 0 Å². The molecule has 0 fully saturated rings. The van der Waals surface area contributed by atoms with Gasteiger partial charge in [0, 0.05) is 6.04 Å². The van der Waals surface area contributed by atoms with E-state index in [0.29, 0.717) is 21.5 Å². The van der Waals surface area contributed by atoms with Gasteiger partial charge in [-0.3, -0.25) is 0 Å². The quantitative estimate of drug-likeness (QED) is 0.802. The van der Waals surface area contributed by atoms with Crippen LogP contribution < -0.4 is 10.5 Å².